The van der Waals surface area contributed by atoms with Gasteiger partial charge in [0.2, 0.25) is 0 Å². The Bertz CT molecular complexity index is 1250. The van der Waals surface area contributed by atoms with Gasteiger partial charge in [-0.3, -0.25) is 4.79 Å². The fourth-order valence-corrected chi connectivity index (χ4v) is 4.20. The van der Waals surface area contributed by atoms with Gasteiger partial charge in [-0.15, -0.1) is 0 Å². The summed E-state index contributed by atoms with van der Waals surface area (Å²) in [5.41, 5.74) is 3.81. The number of benzene rings is 3. The van der Waals surface area contributed by atoms with E-state index < -0.39 is 0 Å². The van der Waals surface area contributed by atoms with Gasteiger partial charge in [-0.05, 0) is 54.3 Å². The predicted octanol–water partition coefficient (Wildman–Crippen LogP) is 6.25. The molecule has 0 aliphatic rings. The summed E-state index contributed by atoms with van der Waals surface area (Å²) in [7, 11) is 0. The molecule has 5 nitrogen and oxygen atoms in total. The minimum atomic E-state index is -0.183. The average Bonchev–Trinajstić information content (AvgIpc) is 3.21. The van der Waals surface area contributed by atoms with Crippen LogP contribution < -0.4 is 10.1 Å². The maximum absolute atomic E-state index is 12.5. The first-order valence-corrected chi connectivity index (χ1v) is 12.1. The van der Waals surface area contributed by atoms with Gasteiger partial charge < -0.3 is 14.6 Å². The minimum Gasteiger partial charge on any atom is -0.492 e. The molecule has 1 aromatic heterocycles. The van der Waals surface area contributed by atoms with E-state index in [1.165, 1.54) is 5.56 Å². The molecule has 0 aliphatic carbocycles. The molecule has 34 heavy (non-hydrogen) atoms. The number of fused-ring (bicyclic) bond motifs is 1. The van der Waals surface area contributed by atoms with Gasteiger partial charge in [0.25, 0.3) is 5.91 Å². The number of para-hydroxylation sites is 2. The first-order chi connectivity index (χ1) is 16.6. The van der Waals surface area contributed by atoms with E-state index in [0.29, 0.717) is 42.6 Å². The molecular formula is C28H30ClN3O2. The van der Waals surface area contributed by atoms with Crippen LogP contribution >= 0.6 is 11.6 Å². The molecule has 0 aliphatic heterocycles. The lowest BCUT2D eigenvalue weighted by molar-refractivity contribution is 0.0954. The number of imidazole rings is 1. The van der Waals surface area contributed by atoms with Gasteiger partial charge in [0, 0.05) is 13.0 Å². The highest BCUT2D eigenvalue weighted by atomic mass is 35.5. The van der Waals surface area contributed by atoms with E-state index in [9.17, 15) is 4.79 Å². The van der Waals surface area contributed by atoms with Gasteiger partial charge in [-0.2, -0.15) is 0 Å². The molecule has 6 heteroatoms. The van der Waals surface area contributed by atoms with E-state index in [-0.39, 0.29) is 5.91 Å². The first kappa shape index (κ1) is 23.8. The molecule has 1 atom stereocenters. The van der Waals surface area contributed by atoms with E-state index in [4.69, 9.17) is 21.3 Å². The van der Waals surface area contributed by atoms with Gasteiger partial charge in [-0.25, -0.2) is 4.98 Å². The third-order valence-corrected chi connectivity index (χ3v) is 6.46. The second-order valence-electron chi connectivity index (χ2n) is 8.38. The predicted molar refractivity (Wildman–Crippen MR) is 138 cm³/mol. The van der Waals surface area contributed by atoms with Crippen molar-refractivity contribution in [2.24, 2.45) is 0 Å². The summed E-state index contributed by atoms with van der Waals surface area (Å²) in [4.78, 5) is 17.3. The van der Waals surface area contributed by atoms with Crippen LogP contribution in [0.1, 0.15) is 47.9 Å². The number of ether oxygens (including phenoxy) is 1. The highest BCUT2D eigenvalue weighted by Crippen LogP contribution is 2.22. The summed E-state index contributed by atoms with van der Waals surface area (Å²) in [5, 5.41) is 3.40. The summed E-state index contributed by atoms with van der Waals surface area (Å²) in [6.45, 7) is 6.09. The van der Waals surface area contributed by atoms with E-state index in [1.54, 1.807) is 18.2 Å². The van der Waals surface area contributed by atoms with Crippen LogP contribution in [0.25, 0.3) is 11.0 Å². The largest absolute Gasteiger partial charge is 0.492 e. The van der Waals surface area contributed by atoms with E-state index in [1.807, 2.05) is 36.4 Å². The standard InChI is InChI=1S/C28H30ClN3O2/c1-3-20(2)21-12-14-22(15-13-21)34-19-18-32-26-11-7-6-10-25(26)31-27(32)16-17-30-28(33)23-8-4-5-9-24(23)29/h4-15,20H,3,16-19H2,1-2H3,(H,30,33). The SMILES string of the molecule is CCC(C)c1ccc(OCCn2c(CCNC(=O)c3ccccc3Cl)nc3ccccc32)cc1. The maximum Gasteiger partial charge on any atom is 0.252 e. The van der Waals surface area contributed by atoms with Gasteiger partial charge in [0.1, 0.15) is 18.2 Å². The summed E-state index contributed by atoms with van der Waals surface area (Å²) >= 11 is 6.14. The van der Waals surface area contributed by atoms with Gasteiger partial charge in [0.05, 0.1) is 28.2 Å². The Hall–Kier alpha value is -3.31. The molecule has 0 saturated heterocycles. The minimum absolute atomic E-state index is 0.183. The zero-order chi connectivity index (χ0) is 23.9. The van der Waals surface area contributed by atoms with Gasteiger partial charge in [0.15, 0.2) is 0 Å². The molecule has 0 spiro atoms. The second-order valence-corrected chi connectivity index (χ2v) is 8.79. The molecule has 0 saturated carbocycles. The van der Waals surface area contributed by atoms with E-state index in [0.717, 1.165) is 29.0 Å². The Balaban J connectivity index is 1.40. The Morgan fingerprint density at radius 3 is 2.56 bits per heavy atom. The molecule has 1 unspecified atom stereocenters. The van der Waals surface area contributed by atoms with Crippen LogP contribution in [0.4, 0.5) is 0 Å². The number of nitrogens with one attached hydrogen (secondary N) is 1. The molecule has 1 N–H and O–H groups in total. The fourth-order valence-electron chi connectivity index (χ4n) is 3.98. The van der Waals surface area contributed by atoms with Gasteiger partial charge >= 0.3 is 0 Å². The van der Waals surface area contributed by atoms with Crippen molar-refractivity contribution in [1.82, 2.24) is 14.9 Å². The Morgan fingerprint density at radius 1 is 1.06 bits per heavy atom. The third kappa shape index (κ3) is 5.60. The molecule has 176 valence electrons. The molecule has 3 aromatic carbocycles. The monoisotopic (exact) mass is 475 g/mol. The first-order valence-electron chi connectivity index (χ1n) is 11.8. The average molecular weight is 476 g/mol. The zero-order valence-corrected chi connectivity index (χ0v) is 20.4. The van der Waals surface area contributed by atoms with E-state index >= 15 is 0 Å². The number of hydrogen-bond donors (Lipinski definition) is 1. The number of halogens is 1. The lowest BCUT2D eigenvalue weighted by Gasteiger charge is -2.13. The molecule has 1 amide bonds. The summed E-state index contributed by atoms with van der Waals surface area (Å²) in [5.74, 6) is 2.14. The van der Waals surface area contributed by atoms with Crippen molar-refractivity contribution < 1.29 is 9.53 Å². The Labute approximate surface area is 205 Å². The van der Waals surface area contributed by atoms with Crippen LogP contribution in [-0.4, -0.2) is 28.6 Å². The number of rotatable bonds is 10. The fraction of sp³-hybridized carbons (Fsp3) is 0.286. The van der Waals surface area contributed by atoms with Crippen molar-refractivity contribution in [3.63, 3.8) is 0 Å². The van der Waals surface area contributed by atoms with E-state index in [2.05, 4.69) is 41.9 Å². The van der Waals surface area contributed by atoms with Crippen LogP contribution in [0.5, 0.6) is 5.75 Å². The highest BCUT2D eigenvalue weighted by Gasteiger charge is 2.13. The lowest BCUT2D eigenvalue weighted by Crippen LogP contribution is -2.27. The highest BCUT2D eigenvalue weighted by molar-refractivity contribution is 6.33. The number of hydrogen-bond acceptors (Lipinski definition) is 3. The third-order valence-electron chi connectivity index (χ3n) is 6.13. The normalized spacial score (nSPS) is 12.0. The maximum atomic E-state index is 12.5. The Morgan fingerprint density at radius 2 is 1.79 bits per heavy atom. The molecule has 4 aromatic rings. The van der Waals surface area contributed by atoms with Crippen molar-refractivity contribution in [3.8, 4) is 5.75 Å². The van der Waals surface area contributed by atoms with Crippen molar-refractivity contribution in [2.75, 3.05) is 13.2 Å². The van der Waals surface area contributed by atoms with Crippen LogP contribution in [0.2, 0.25) is 5.02 Å². The number of carbonyl (C=O) groups excluding carboxylic acids is 1. The number of nitrogens with zero attached hydrogens (tertiary/aromatic N) is 2. The van der Waals surface area contributed by atoms with Crippen molar-refractivity contribution in [2.45, 2.75) is 39.2 Å². The Kier molecular flexibility index (Phi) is 7.86. The second kappa shape index (κ2) is 11.2. The van der Waals surface area contributed by atoms with Crippen LogP contribution in [0.15, 0.2) is 72.8 Å². The number of carbonyl (C=O) groups is 1. The molecule has 0 fully saturated rings. The number of amides is 1. The summed E-state index contributed by atoms with van der Waals surface area (Å²) in [6.07, 6.45) is 1.73. The molecule has 0 bridgehead atoms. The van der Waals surface area contributed by atoms with Crippen molar-refractivity contribution in [1.29, 1.82) is 0 Å². The van der Waals surface area contributed by atoms with Crippen LogP contribution in [0.3, 0.4) is 0 Å². The van der Waals surface area contributed by atoms with Gasteiger partial charge in [-0.1, -0.05) is 61.8 Å². The summed E-state index contributed by atoms with van der Waals surface area (Å²) < 4.78 is 8.20. The lowest BCUT2D eigenvalue weighted by atomic mass is 9.99. The smallest absolute Gasteiger partial charge is 0.252 e. The molecule has 4 rings (SSSR count). The van der Waals surface area contributed by atoms with Crippen LogP contribution in [0, 0.1) is 0 Å². The quantitative estimate of drug-likeness (QED) is 0.294. The zero-order valence-electron chi connectivity index (χ0n) is 19.6. The van der Waals surface area contributed by atoms with Crippen molar-refractivity contribution in [3.05, 3.63) is 94.8 Å². The molecule has 0 radical (unpaired) electrons. The van der Waals surface area contributed by atoms with Crippen LogP contribution in [-0.2, 0) is 13.0 Å². The number of aromatic nitrogens is 2. The summed E-state index contributed by atoms with van der Waals surface area (Å²) in [6, 6.07) is 23.5. The topological polar surface area (TPSA) is 56.1 Å². The molecular weight excluding hydrogens is 446 g/mol. The molecule has 1 heterocycles. The van der Waals surface area contributed by atoms with Crippen molar-refractivity contribution >= 4 is 28.5 Å².